The van der Waals surface area contributed by atoms with E-state index in [9.17, 15) is 14.0 Å². The van der Waals surface area contributed by atoms with Gasteiger partial charge in [-0.05, 0) is 50.2 Å². The third kappa shape index (κ3) is 4.11. The van der Waals surface area contributed by atoms with E-state index in [0.29, 0.717) is 6.54 Å². The molecule has 6 nitrogen and oxygen atoms in total. The van der Waals surface area contributed by atoms with E-state index in [-0.39, 0.29) is 11.7 Å². The summed E-state index contributed by atoms with van der Waals surface area (Å²) in [6, 6.07) is 9.74. The number of nitrogens with zero attached hydrogens (tertiary/aromatic N) is 2. The number of hydrogen-bond acceptors (Lipinski definition) is 3. The van der Waals surface area contributed by atoms with Crippen LogP contribution < -0.4 is 10.6 Å². The van der Waals surface area contributed by atoms with Crippen molar-refractivity contribution in [3.05, 3.63) is 54.1 Å². The SMILES string of the molecule is Cn1cccc1C(CNC(=O)C(=O)Nc1ccccc1F)N1CCCC1. The van der Waals surface area contributed by atoms with Crippen LogP contribution in [0.25, 0.3) is 0 Å². The van der Waals surface area contributed by atoms with Crippen LogP contribution in [0.15, 0.2) is 42.6 Å². The fourth-order valence-electron chi connectivity index (χ4n) is 3.31. The molecule has 0 aliphatic carbocycles. The molecule has 0 spiro atoms. The Balaban J connectivity index is 1.63. The van der Waals surface area contributed by atoms with Crippen molar-refractivity contribution in [2.24, 2.45) is 7.05 Å². The second-order valence-corrected chi connectivity index (χ2v) is 6.45. The Kier molecular flexibility index (Phi) is 5.68. The Morgan fingerprint density at radius 2 is 1.85 bits per heavy atom. The van der Waals surface area contributed by atoms with Gasteiger partial charge in [0.2, 0.25) is 0 Å². The van der Waals surface area contributed by atoms with Crippen LogP contribution >= 0.6 is 0 Å². The zero-order chi connectivity index (χ0) is 18.5. The van der Waals surface area contributed by atoms with Crippen LogP contribution in [0.4, 0.5) is 10.1 Å². The number of benzene rings is 1. The van der Waals surface area contributed by atoms with Crippen LogP contribution in [0.1, 0.15) is 24.6 Å². The molecule has 0 bridgehead atoms. The van der Waals surface area contributed by atoms with Gasteiger partial charge in [0.15, 0.2) is 0 Å². The van der Waals surface area contributed by atoms with Gasteiger partial charge in [0.25, 0.3) is 0 Å². The molecule has 2 amide bonds. The fraction of sp³-hybridized carbons (Fsp3) is 0.368. The molecule has 26 heavy (non-hydrogen) atoms. The number of rotatable bonds is 5. The molecule has 2 heterocycles. The van der Waals surface area contributed by atoms with E-state index in [1.165, 1.54) is 18.2 Å². The average molecular weight is 358 g/mol. The number of anilines is 1. The van der Waals surface area contributed by atoms with E-state index in [4.69, 9.17) is 0 Å². The predicted octanol–water partition coefficient (Wildman–Crippen LogP) is 2.06. The van der Waals surface area contributed by atoms with Crippen molar-refractivity contribution in [2.45, 2.75) is 18.9 Å². The lowest BCUT2D eigenvalue weighted by atomic mass is 10.1. The van der Waals surface area contributed by atoms with E-state index >= 15 is 0 Å². The molecule has 1 aromatic heterocycles. The highest BCUT2D eigenvalue weighted by atomic mass is 19.1. The zero-order valence-corrected chi connectivity index (χ0v) is 14.7. The average Bonchev–Trinajstić information content (AvgIpc) is 3.30. The summed E-state index contributed by atoms with van der Waals surface area (Å²) in [6.07, 6.45) is 4.22. The molecule has 3 rings (SSSR count). The third-order valence-electron chi connectivity index (χ3n) is 4.69. The molecule has 7 heteroatoms. The van der Waals surface area contributed by atoms with Crippen molar-refractivity contribution in [1.82, 2.24) is 14.8 Å². The van der Waals surface area contributed by atoms with E-state index in [0.717, 1.165) is 31.6 Å². The predicted molar refractivity (Wildman–Crippen MR) is 97.0 cm³/mol. The summed E-state index contributed by atoms with van der Waals surface area (Å²) in [5.74, 6) is -2.22. The molecule has 138 valence electrons. The van der Waals surface area contributed by atoms with E-state index in [2.05, 4.69) is 15.5 Å². The lowest BCUT2D eigenvalue weighted by Gasteiger charge is -2.28. The van der Waals surface area contributed by atoms with Gasteiger partial charge in [-0.15, -0.1) is 0 Å². The summed E-state index contributed by atoms with van der Waals surface area (Å²) in [6.45, 7) is 2.25. The lowest BCUT2D eigenvalue weighted by Crippen LogP contribution is -2.42. The highest BCUT2D eigenvalue weighted by Gasteiger charge is 2.26. The Labute approximate surface area is 152 Å². The Bertz CT molecular complexity index is 783. The van der Waals surface area contributed by atoms with Crippen molar-refractivity contribution in [3.8, 4) is 0 Å². The normalized spacial score (nSPS) is 15.6. The van der Waals surface area contributed by atoms with Crippen molar-refractivity contribution in [2.75, 3.05) is 25.0 Å². The maximum absolute atomic E-state index is 13.6. The zero-order valence-electron chi connectivity index (χ0n) is 14.7. The first kappa shape index (κ1) is 18.1. The van der Waals surface area contributed by atoms with Gasteiger partial charge in [-0.2, -0.15) is 0 Å². The summed E-state index contributed by atoms with van der Waals surface area (Å²) in [7, 11) is 1.96. The summed E-state index contributed by atoms with van der Waals surface area (Å²) >= 11 is 0. The standard InChI is InChI=1S/C19H23FN4O2/c1-23-10-6-9-16(23)17(24-11-4-5-12-24)13-21-18(25)19(26)22-15-8-3-2-7-14(15)20/h2-3,6-10,17H,4-5,11-13H2,1H3,(H,21,25)(H,22,26). The molecule has 1 aliphatic rings. The monoisotopic (exact) mass is 358 g/mol. The van der Waals surface area contributed by atoms with Gasteiger partial charge in [0, 0.05) is 25.5 Å². The second kappa shape index (κ2) is 8.14. The number of halogens is 1. The maximum Gasteiger partial charge on any atom is 0.313 e. The van der Waals surface area contributed by atoms with Gasteiger partial charge in [0.05, 0.1) is 11.7 Å². The molecular formula is C19H23FN4O2. The molecular weight excluding hydrogens is 335 g/mol. The first-order valence-corrected chi connectivity index (χ1v) is 8.75. The highest BCUT2D eigenvalue weighted by Crippen LogP contribution is 2.24. The van der Waals surface area contributed by atoms with Crippen LogP contribution in [0.2, 0.25) is 0 Å². The van der Waals surface area contributed by atoms with Crippen molar-refractivity contribution in [3.63, 3.8) is 0 Å². The van der Waals surface area contributed by atoms with Crippen LogP contribution in [0, 0.1) is 5.82 Å². The minimum atomic E-state index is -0.873. The molecule has 1 aromatic carbocycles. The molecule has 1 unspecified atom stereocenters. The van der Waals surface area contributed by atoms with Gasteiger partial charge >= 0.3 is 11.8 Å². The van der Waals surface area contributed by atoms with Gasteiger partial charge in [-0.3, -0.25) is 14.5 Å². The minimum Gasteiger partial charge on any atom is -0.353 e. The number of hydrogen-bond donors (Lipinski definition) is 2. The van der Waals surface area contributed by atoms with Crippen LogP contribution in [-0.2, 0) is 16.6 Å². The molecule has 1 saturated heterocycles. The fourth-order valence-corrected chi connectivity index (χ4v) is 3.31. The molecule has 1 atom stereocenters. The minimum absolute atomic E-state index is 0.00251. The summed E-state index contributed by atoms with van der Waals surface area (Å²) in [5.41, 5.74) is 1.08. The third-order valence-corrected chi connectivity index (χ3v) is 4.69. The summed E-state index contributed by atoms with van der Waals surface area (Å²) in [5, 5.41) is 4.99. The van der Waals surface area contributed by atoms with E-state index in [1.807, 2.05) is 29.9 Å². The van der Waals surface area contributed by atoms with Crippen LogP contribution in [-0.4, -0.2) is 40.9 Å². The number of likely N-dealkylation sites (tertiary alicyclic amines) is 1. The van der Waals surface area contributed by atoms with E-state index in [1.54, 1.807) is 6.07 Å². The first-order chi connectivity index (χ1) is 12.6. The Hall–Kier alpha value is -2.67. The molecule has 1 aliphatic heterocycles. The molecule has 0 radical (unpaired) electrons. The van der Waals surface area contributed by atoms with Crippen LogP contribution in [0.3, 0.4) is 0 Å². The van der Waals surface area contributed by atoms with Crippen molar-refractivity contribution < 1.29 is 14.0 Å². The largest absolute Gasteiger partial charge is 0.353 e. The summed E-state index contributed by atoms with van der Waals surface area (Å²) in [4.78, 5) is 26.5. The first-order valence-electron chi connectivity index (χ1n) is 8.75. The van der Waals surface area contributed by atoms with Gasteiger partial charge in [-0.1, -0.05) is 12.1 Å². The summed E-state index contributed by atoms with van der Waals surface area (Å²) < 4.78 is 15.6. The van der Waals surface area contributed by atoms with Gasteiger partial charge < -0.3 is 15.2 Å². The van der Waals surface area contributed by atoms with Gasteiger partial charge in [0.1, 0.15) is 5.82 Å². The quantitative estimate of drug-likeness (QED) is 0.804. The maximum atomic E-state index is 13.6. The number of carbonyl (C=O) groups is 2. The lowest BCUT2D eigenvalue weighted by molar-refractivity contribution is -0.136. The van der Waals surface area contributed by atoms with Crippen molar-refractivity contribution >= 4 is 17.5 Å². The Morgan fingerprint density at radius 3 is 2.50 bits per heavy atom. The number of aromatic nitrogens is 1. The molecule has 0 saturated carbocycles. The van der Waals surface area contributed by atoms with E-state index < -0.39 is 17.6 Å². The topological polar surface area (TPSA) is 66.4 Å². The van der Waals surface area contributed by atoms with Crippen molar-refractivity contribution in [1.29, 1.82) is 0 Å². The highest BCUT2D eigenvalue weighted by molar-refractivity contribution is 6.39. The number of nitrogens with one attached hydrogen (secondary N) is 2. The number of amides is 2. The number of aryl methyl sites for hydroxylation is 1. The van der Waals surface area contributed by atoms with Gasteiger partial charge in [-0.25, -0.2) is 4.39 Å². The second-order valence-electron chi connectivity index (χ2n) is 6.45. The smallest absolute Gasteiger partial charge is 0.313 e. The Morgan fingerprint density at radius 1 is 1.12 bits per heavy atom. The number of carbonyl (C=O) groups excluding carboxylic acids is 2. The molecule has 2 aromatic rings. The van der Waals surface area contributed by atoms with Crippen LogP contribution in [0.5, 0.6) is 0 Å². The molecule has 2 N–H and O–H groups in total. The molecule has 1 fully saturated rings. The number of para-hydroxylation sites is 1.